The summed E-state index contributed by atoms with van der Waals surface area (Å²) in [5.74, 6) is 0. The molecule has 0 bridgehead atoms. The molecule has 1 unspecified atom stereocenters. The lowest BCUT2D eigenvalue weighted by molar-refractivity contribution is 0.0969. The van der Waals surface area contributed by atoms with E-state index in [1.807, 2.05) is 18.2 Å². The second-order valence-corrected chi connectivity index (χ2v) is 6.90. The lowest BCUT2D eigenvalue weighted by Crippen LogP contribution is -2.52. The molecule has 2 rings (SSSR count). The van der Waals surface area contributed by atoms with E-state index in [-0.39, 0.29) is 11.6 Å². The van der Waals surface area contributed by atoms with Gasteiger partial charge in [0.2, 0.25) is 0 Å². The summed E-state index contributed by atoms with van der Waals surface area (Å²) >= 11 is 12.5. The van der Waals surface area contributed by atoms with Crippen LogP contribution in [0.15, 0.2) is 18.2 Å². The number of nitrogens with two attached hydrogens (primary N) is 1. The first-order valence-corrected chi connectivity index (χ1v) is 8.11. The Kier molecular flexibility index (Phi) is 5.36. The molecular weight excluding hydrogens is 291 g/mol. The third kappa shape index (κ3) is 3.14. The molecule has 1 fully saturated rings. The van der Waals surface area contributed by atoms with Crippen molar-refractivity contribution in [1.29, 1.82) is 0 Å². The molecule has 0 spiro atoms. The standard InChI is InChI=1S/C16H24Cl2N2/c1-20(2)16(9-5-3-4-6-10-16)15(19)13-11-12(17)7-8-14(13)18/h7-8,11,15H,3-6,9-10,19H2,1-2H3. The smallest absolute Gasteiger partial charge is 0.0497 e. The first kappa shape index (κ1) is 16.1. The van der Waals surface area contributed by atoms with Crippen molar-refractivity contribution in [1.82, 2.24) is 4.90 Å². The average Bonchev–Trinajstić information content (AvgIpc) is 2.67. The van der Waals surface area contributed by atoms with Crippen LogP contribution in [0.4, 0.5) is 0 Å². The van der Waals surface area contributed by atoms with Gasteiger partial charge in [0.1, 0.15) is 0 Å². The molecule has 4 heteroatoms. The minimum atomic E-state index is -0.109. The average molecular weight is 315 g/mol. The second kappa shape index (κ2) is 6.65. The molecule has 0 heterocycles. The van der Waals surface area contributed by atoms with E-state index in [0.29, 0.717) is 10.0 Å². The number of rotatable bonds is 3. The first-order valence-electron chi connectivity index (χ1n) is 7.35. The van der Waals surface area contributed by atoms with Crippen molar-refractivity contribution in [3.63, 3.8) is 0 Å². The van der Waals surface area contributed by atoms with Crippen LogP contribution in [0.1, 0.15) is 50.1 Å². The van der Waals surface area contributed by atoms with Crippen LogP contribution in [0.2, 0.25) is 10.0 Å². The molecular formula is C16H24Cl2N2. The van der Waals surface area contributed by atoms with Crippen LogP contribution in [0.3, 0.4) is 0 Å². The van der Waals surface area contributed by atoms with E-state index in [1.54, 1.807) is 0 Å². The van der Waals surface area contributed by atoms with Gasteiger partial charge in [-0.05, 0) is 50.7 Å². The summed E-state index contributed by atoms with van der Waals surface area (Å²) < 4.78 is 0. The van der Waals surface area contributed by atoms with Gasteiger partial charge in [-0.25, -0.2) is 0 Å². The normalized spacial score (nSPS) is 20.7. The molecule has 0 saturated heterocycles. The number of likely N-dealkylation sites (N-methyl/N-ethyl adjacent to an activating group) is 1. The van der Waals surface area contributed by atoms with Crippen molar-refractivity contribution >= 4 is 23.2 Å². The van der Waals surface area contributed by atoms with Gasteiger partial charge in [-0.3, -0.25) is 0 Å². The minimum absolute atomic E-state index is 0.0230. The number of nitrogens with zero attached hydrogens (tertiary/aromatic N) is 1. The van der Waals surface area contributed by atoms with Gasteiger partial charge in [-0.2, -0.15) is 0 Å². The van der Waals surface area contributed by atoms with Gasteiger partial charge < -0.3 is 10.6 Å². The number of hydrogen-bond acceptors (Lipinski definition) is 2. The van der Waals surface area contributed by atoms with Gasteiger partial charge in [0.25, 0.3) is 0 Å². The molecule has 2 N–H and O–H groups in total. The van der Waals surface area contributed by atoms with Crippen molar-refractivity contribution < 1.29 is 0 Å². The Morgan fingerprint density at radius 1 is 1.10 bits per heavy atom. The Bertz CT molecular complexity index is 452. The van der Waals surface area contributed by atoms with Crippen LogP contribution >= 0.6 is 23.2 Å². The van der Waals surface area contributed by atoms with Crippen LogP contribution in [-0.2, 0) is 0 Å². The summed E-state index contributed by atoms with van der Waals surface area (Å²) in [6, 6.07) is 5.47. The zero-order valence-corrected chi connectivity index (χ0v) is 13.8. The first-order chi connectivity index (χ1) is 9.47. The predicted octanol–water partition coefficient (Wildman–Crippen LogP) is 4.65. The van der Waals surface area contributed by atoms with Crippen molar-refractivity contribution in [2.24, 2.45) is 5.73 Å². The van der Waals surface area contributed by atoms with Crippen molar-refractivity contribution in [2.75, 3.05) is 14.1 Å². The maximum absolute atomic E-state index is 6.66. The zero-order chi connectivity index (χ0) is 14.8. The van der Waals surface area contributed by atoms with Gasteiger partial charge in [0, 0.05) is 21.6 Å². The maximum atomic E-state index is 6.66. The Balaban J connectivity index is 2.40. The molecule has 0 aromatic heterocycles. The zero-order valence-electron chi connectivity index (χ0n) is 12.3. The molecule has 1 aliphatic carbocycles. The summed E-state index contributed by atoms with van der Waals surface area (Å²) in [5.41, 5.74) is 7.60. The number of halogens is 2. The van der Waals surface area contributed by atoms with E-state index < -0.39 is 0 Å². The molecule has 1 aromatic carbocycles. The van der Waals surface area contributed by atoms with Crippen molar-refractivity contribution in [3.05, 3.63) is 33.8 Å². The molecule has 1 aromatic rings. The van der Waals surface area contributed by atoms with Crippen LogP contribution < -0.4 is 5.73 Å². The molecule has 1 atom stereocenters. The van der Waals surface area contributed by atoms with E-state index in [0.717, 1.165) is 18.4 Å². The van der Waals surface area contributed by atoms with E-state index in [4.69, 9.17) is 28.9 Å². The highest BCUT2D eigenvalue weighted by Gasteiger charge is 2.40. The maximum Gasteiger partial charge on any atom is 0.0497 e. The van der Waals surface area contributed by atoms with Crippen LogP contribution in [0.5, 0.6) is 0 Å². The summed E-state index contributed by atoms with van der Waals surface area (Å²) in [5, 5.41) is 1.41. The third-order valence-corrected chi connectivity index (χ3v) is 5.31. The summed E-state index contributed by atoms with van der Waals surface area (Å²) in [6.45, 7) is 0. The lowest BCUT2D eigenvalue weighted by atomic mass is 9.78. The SMILES string of the molecule is CN(C)C1(C(N)c2cc(Cl)ccc2Cl)CCCCCC1. The van der Waals surface area contributed by atoms with Gasteiger partial charge in [-0.1, -0.05) is 48.9 Å². The fourth-order valence-electron chi connectivity index (χ4n) is 3.42. The molecule has 0 aliphatic heterocycles. The molecule has 2 nitrogen and oxygen atoms in total. The quantitative estimate of drug-likeness (QED) is 0.823. The van der Waals surface area contributed by atoms with E-state index in [2.05, 4.69) is 19.0 Å². The fraction of sp³-hybridized carbons (Fsp3) is 0.625. The number of hydrogen-bond donors (Lipinski definition) is 1. The molecule has 0 amide bonds. The van der Waals surface area contributed by atoms with E-state index in [9.17, 15) is 0 Å². The molecule has 20 heavy (non-hydrogen) atoms. The van der Waals surface area contributed by atoms with Crippen molar-refractivity contribution in [2.45, 2.75) is 50.1 Å². The summed E-state index contributed by atoms with van der Waals surface area (Å²) in [7, 11) is 4.26. The highest BCUT2D eigenvalue weighted by atomic mass is 35.5. The predicted molar refractivity (Wildman–Crippen MR) is 87.5 cm³/mol. The molecule has 112 valence electrons. The fourth-order valence-corrected chi connectivity index (χ4v) is 3.84. The Labute approximate surface area is 132 Å². The second-order valence-electron chi connectivity index (χ2n) is 6.06. The van der Waals surface area contributed by atoms with Gasteiger partial charge >= 0.3 is 0 Å². The molecule has 1 aliphatic rings. The summed E-state index contributed by atoms with van der Waals surface area (Å²) in [4.78, 5) is 2.29. The van der Waals surface area contributed by atoms with Gasteiger partial charge in [0.05, 0.1) is 0 Å². The summed E-state index contributed by atoms with van der Waals surface area (Å²) in [6.07, 6.45) is 7.28. The minimum Gasteiger partial charge on any atom is -0.322 e. The monoisotopic (exact) mass is 314 g/mol. The molecule has 0 radical (unpaired) electrons. The van der Waals surface area contributed by atoms with Crippen LogP contribution in [0.25, 0.3) is 0 Å². The van der Waals surface area contributed by atoms with Crippen LogP contribution in [-0.4, -0.2) is 24.5 Å². The topological polar surface area (TPSA) is 29.3 Å². The Hall–Kier alpha value is -0.280. The highest BCUT2D eigenvalue weighted by molar-refractivity contribution is 6.33. The third-order valence-electron chi connectivity index (χ3n) is 4.73. The molecule has 1 saturated carbocycles. The van der Waals surface area contributed by atoms with Gasteiger partial charge in [0.15, 0.2) is 0 Å². The van der Waals surface area contributed by atoms with Crippen LogP contribution in [0, 0.1) is 0 Å². The Morgan fingerprint density at radius 3 is 2.25 bits per heavy atom. The largest absolute Gasteiger partial charge is 0.322 e. The highest BCUT2D eigenvalue weighted by Crippen LogP contribution is 2.42. The van der Waals surface area contributed by atoms with Gasteiger partial charge in [-0.15, -0.1) is 0 Å². The van der Waals surface area contributed by atoms with E-state index in [1.165, 1.54) is 25.7 Å². The van der Waals surface area contributed by atoms with E-state index >= 15 is 0 Å². The van der Waals surface area contributed by atoms with Crippen molar-refractivity contribution in [3.8, 4) is 0 Å². The Morgan fingerprint density at radius 2 is 1.70 bits per heavy atom. The number of benzene rings is 1. The lowest BCUT2D eigenvalue weighted by Gasteiger charge is -2.44.